The van der Waals surface area contributed by atoms with Gasteiger partial charge < -0.3 is 20.5 Å². The number of fused-ring (bicyclic) bond motifs is 3. The van der Waals surface area contributed by atoms with E-state index in [0.717, 1.165) is 11.1 Å². The third-order valence-corrected chi connectivity index (χ3v) is 6.22. The molecule has 2 amide bonds. The van der Waals surface area contributed by atoms with Crippen molar-refractivity contribution in [2.75, 3.05) is 13.2 Å². The minimum atomic E-state index is -1.05. The van der Waals surface area contributed by atoms with Crippen molar-refractivity contribution in [3.8, 4) is 11.1 Å². The fourth-order valence-corrected chi connectivity index (χ4v) is 4.27. The molecule has 7 heteroatoms. The number of aliphatic carboxylic acids is 1. The molecule has 2 unspecified atom stereocenters. The first kappa shape index (κ1) is 25.3. The maximum absolute atomic E-state index is 12.3. The number of benzene rings is 2. The maximum Gasteiger partial charge on any atom is 0.407 e. The van der Waals surface area contributed by atoms with Gasteiger partial charge in [-0.3, -0.25) is 4.79 Å². The van der Waals surface area contributed by atoms with Crippen molar-refractivity contribution in [2.45, 2.75) is 52.5 Å². The monoisotopic (exact) mass is 466 g/mol. The largest absolute Gasteiger partial charge is 0.480 e. The number of hydrogen-bond donors (Lipinski definition) is 3. The standard InChI is InChI=1S/C27H34N2O5/c1-17(13-14-23(30)29-24(25(31)32)27(2,3)4)15-28-26(33)34-16-22-20-11-7-5-9-18(20)19-10-6-8-12-21(19)22/h5-12,17,22,24H,13-16H2,1-4H3,(H,28,33)(H,29,30)(H,31,32). The van der Waals surface area contributed by atoms with Gasteiger partial charge in [0, 0.05) is 18.9 Å². The second-order valence-corrected chi connectivity index (χ2v) is 10.1. The number of alkyl carbamates (subject to hydrolysis) is 1. The molecule has 0 radical (unpaired) electrons. The van der Waals surface area contributed by atoms with E-state index in [4.69, 9.17) is 4.74 Å². The molecule has 2 aromatic rings. The van der Waals surface area contributed by atoms with Gasteiger partial charge in [0.2, 0.25) is 5.91 Å². The highest BCUT2D eigenvalue weighted by Gasteiger charge is 2.32. The Kier molecular flexibility index (Phi) is 7.97. The molecule has 3 N–H and O–H groups in total. The number of amides is 2. The highest BCUT2D eigenvalue weighted by molar-refractivity contribution is 5.84. The molecular formula is C27H34N2O5. The molecule has 1 aliphatic carbocycles. The molecule has 0 aliphatic heterocycles. The van der Waals surface area contributed by atoms with Crippen molar-refractivity contribution < 1.29 is 24.2 Å². The van der Waals surface area contributed by atoms with Crippen molar-refractivity contribution in [1.82, 2.24) is 10.6 Å². The average Bonchev–Trinajstić information content (AvgIpc) is 3.11. The van der Waals surface area contributed by atoms with E-state index >= 15 is 0 Å². The van der Waals surface area contributed by atoms with E-state index in [1.54, 1.807) is 20.8 Å². The van der Waals surface area contributed by atoms with E-state index in [-0.39, 0.29) is 30.8 Å². The van der Waals surface area contributed by atoms with Gasteiger partial charge in [-0.2, -0.15) is 0 Å². The van der Waals surface area contributed by atoms with Crippen molar-refractivity contribution >= 4 is 18.0 Å². The van der Waals surface area contributed by atoms with Crippen molar-refractivity contribution in [3.63, 3.8) is 0 Å². The summed E-state index contributed by atoms with van der Waals surface area (Å²) in [6, 6.07) is 15.4. The maximum atomic E-state index is 12.3. The molecular weight excluding hydrogens is 432 g/mol. The molecule has 0 heterocycles. The lowest BCUT2D eigenvalue weighted by molar-refractivity contribution is -0.145. The van der Waals surface area contributed by atoms with Gasteiger partial charge in [-0.1, -0.05) is 76.2 Å². The van der Waals surface area contributed by atoms with Gasteiger partial charge in [-0.15, -0.1) is 0 Å². The second-order valence-electron chi connectivity index (χ2n) is 10.1. The van der Waals surface area contributed by atoms with Gasteiger partial charge >= 0.3 is 12.1 Å². The Morgan fingerprint density at radius 1 is 1.00 bits per heavy atom. The summed E-state index contributed by atoms with van der Waals surface area (Å²) in [5, 5.41) is 14.7. The molecule has 0 saturated heterocycles. The summed E-state index contributed by atoms with van der Waals surface area (Å²) < 4.78 is 5.54. The van der Waals surface area contributed by atoms with Gasteiger partial charge in [0.1, 0.15) is 12.6 Å². The van der Waals surface area contributed by atoms with Crippen LogP contribution in [0.1, 0.15) is 57.6 Å². The Bertz CT molecular complexity index is 998. The smallest absolute Gasteiger partial charge is 0.407 e. The molecule has 3 rings (SSSR count). The van der Waals surface area contributed by atoms with Crippen molar-refractivity contribution in [2.24, 2.45) is 11.3 Å². The molecule has 0 aromatic heterocycles. The van der Waals surface area contributed by atoms with Crippen LogP contribution in [-0.2, 0) is 14.3 Å². The fourth-order valence-electron chi connectivity index (χ4n) is 4.27. The lowest BCUT2D eigenvalue weighted by atomic mass is 9.86. The van der Waals surface area contributed by atoms with E-state index in [9.17, 15) is 19.5 Å². The molecule has 0 saturated carbocycles. The Morgan fingerprint density at radius 2 is 1.56 bits per heavy atom. The van der Waals surface area contributed by atoms with Crippen molar-refractivity contribution in [1.29, 1.82) is 0 Å². The number of ether oxygens (including phenoxy) is 1. The Labute approximate surface area is 200 Å². The minimum Gasteiger partial charge on any atom is -0.480 e. The number of carboxylic acid groups (broad SMARTS) is 1. The lowest BCUT2D eigenvalue weighted by Gasteiger charge is -2.27. The molecule has 34 heavy (non-hydrogen) atoms. The number of carbonyl (C=O) groups is 3. The summed E-state index contributed by atoms with van der Waals surface area (Å²) >= 11 is 0. The molecule has 2 aromatic carbocycles. The predicted octanol–water partition coefficient (Wildman–Crippen LogP) is 4.56. The van der Waals surface area contributed by atoms with E-state index in [2.05, 4.69) is 34.9 Å². The number of hydrogen-bond acceptors (Lipinski definition) is 4. The summed E-state index contributed by atoms with van der Waals surface area (Å²) in [4.78, 5) is 35.9. The summed E-state index contributed by atoms with van der Waals surface area (Å²) in [5.74, 6) is -1.32. The Morgan fingerprint density at radius 3 is 2.09 bits per heavy atom. The van der Waals surface area contributed by atoms with Gasteiger partial charge in [-0.05, 0) is 40.0 Å². The molecule has 1 aliphatic rings. The number of rotatable bonds is 9. The van der Waals surface area contributed by atoms with E-state index in [0.29, 0.717) is 13.0 Å². The SMILES string of the molecule is CC(CCC(=O)NC(C(=O)O)C(C)(C)C)CNC(=O)OCC1c2ccccc2-c2ccccc21. The van der Waals surface area contributed by atoms with Crippen LogP contribution in [-0.4, -0.2) is 42.3 Å². The van der Waals surface area contributed by atoms with E-state index < -0.39 is 23.5 Å². The van der Waals surface area contributed by atoms with Crippen LogP contribution in [0, 0.1) is 11.3 Å². The molecule has 0 spiro atoms. The number of carbonyl (C=O) groups excluding carboxylic acids is 2. The van der Waals surface area contributed by atoms with Crippen LogP contribution < -0.4 is 10.6 Å². The van der Waals surface area contributed by atoms with E-state index in [1.807, 2.05) is 31.2 Å². The van der Waals surface area contributed by atoms with Gasteiger partial charge in [0.05, 0.1) is 0 Å². The summed E-state index contributed by atoms with van der Waals surface area (Å²) in [7, 11) is 0. The molecule has 0 fully saturated rings. The van der Waals surface area contributed by atoms with Gasteiger partial charge in [0.15, 0.2) is 0 Å². The number of nitrogens with one attached hydrogen (secondary N) is 2. The van der Waals surface area contributed by atoms with E-state index in [1.165, 1.54) is 11.1 Å². The first-order chi connectivity index (χ1) is 16.1. The summed E-state index contributed by atoms with van der Waals surface area (Å²) in [6.07, 6.45) is 0.219. The van der Waals surface area contributed by atoms with Crippen LogP contribution in [0.2, 0.25) is 0 Å². The zero-order chi connectivity index (χ0) is 24.9. The topological polar surface area (TPSA) is 105 Å². The van der Waals surface area contributed by atoms with Gasteiger partial charge in [-0.25, -0.2) is 9.59 Å². The Hall–Kier alpha value is -3.35. The first-order valence-corrected chi connectivity index (χ1v) is 11.7. The summed E-state index contributed by atoms with van der Waals surface area (Å²) in [6.45, 7) is 7.86. The lowest BCUT2D eigenvalue weighted by Crippen LogP contribution is -2.49. The highest BCUT2D eigenvalue weighted by Crippen LogP contribution is 2.44. The zero-order valence-corrected chi connectivity index (χ0v) is 20.3. The summed E-state index contributed by atoms with van der Waals surface area (Å²) in [5.41, 5.74) is 4.08. The quantitative estimate of drug-likeness (QED) is 0.503. The first-order valence-electron chi connectivity index (χ1n) is 11.7. The molecule has 182 valence electrons. The molecule has 7 nitrogen and oxygen atoms in total. The van der Waals surface area contributed by atoms with Crippen molar-refractivity contribution in [3.05, 3.63) is 59.7 Å². The van der Waals surface area contributed by atoms with Crippen LogP contribution >= 0.6 is 0 Å². The average molecular weight is 467 g/mol. The fraction of sp³-hybridized carbons (Fsp3) is 0.444. The van der Waals surface area contributed by atoms with Crippen LogP contribution in [0.15, 0.2) is 48.5 Å². The third kappa shape index (κ3) is 6.16. The Balaban J connectivity index is 1.43. The normalized spacial score (nSPS) is 14.5. The number of carboxylic acids is 1. The van der Waals surface area contributed by atoms with Gasteiger partial charge in [0.25, 0.3) is 0 Å². The molecule has 2 atom stereocenters. The minimum absolute atomic E-state index is 0.00395. The zero-order valence-electron chi connectivity index (χ0n) is 20.3. The third-order valence-electron chi connectivity index (χ3n) is 6.22. The molecule has 0 bridgehead atoms. The second kappa shape index (κ2) is 10.7. The van der Waals surface area contributed by atoms with Crippen LogP contribution in [0.4, 0.5) is 4.79 Å². The van der Waals surface area contributed by atoms with Crippen LogP contribution in [0.5, 0.6) is 0 Å². The van der Waals surface area contributed by atoms with Crippen LogP contribution in [0.3, 0.4) is 0 Å². The van der Waals surface area contributed by atoms with Crippen LogP contribution in [0.25, 0.3) is 11.1 Å². The highest BCUT2D eigenvalue weighted by atomic mass is 16.5. The predicted molar refractivity (Wildman–Crippen MR) is 130 cm³/mol.